The van der Waals surface area contributed by atoms with Crippen LogP contribution in [0.2, 0.25) is 0 Å². The molecular formula is C23H25BrN2O3. The lowest BCUT2D eigenvalue weighted by Gasteiger charge is -2.10. The van der Waals surface area contributed by atoms with Crippen LogP contribution in [-0.4, -0.2) is 18.4 Å². The van der Waals surface area contributed by atoms with Gasteiger partial charge in [0.05, 0.1) is 19.2 Å². The number of halogens is 1. The van der Waals surface area contributed by atoms with E-state index in [4.69, 9.17) is 4.42 Å². The maximum absolute atomic E-state index is 12.4. The zero-order valence-corrected chi connectivity index (χ0v) is 18.6. The van der Waals surface area contributed by atoms with Crippen LogP contribution in [0.3, 0.4) is 0 Å². The largest absolute Gasteiger partial charge is 0.464 e. The van der Waals surface area contributed by atoms with Crippen LogP contribution in [0.5, 0.6) is 0 Å². The summed E-state index contributed by atoms with van der Waals surface area (Å²) < 4.78 is 6.58. The molecule has 0 unspecified atom stereocenters. The van der Waals surface area contributed by atoms with Gasteiger partial charge in [-0.3, -0.25) is 9.59 Å². The third-order valence-electron chi connectivity index (χ3n) is 4.92. The molecule has 0 radical (unpaired) electrons. The minimum atomic E-state index is -0.265. The first-order chi connectivity index (χ1) is 13.7. The van der Waals surface area contributed by atoms with Gasteiger partial charge in [-0.2, -0.15) is 0 Å². The van der Waals surface area contributed by atoms with Crippen LogP contribution in [-0.2, 0) is 16.0 Å². The molecule has 0 bridgehead atoms. The van der Waals surface area contributed by atoms with Gasteiger partial charge in [-0.25, -0.2) is 0 Å². The number of carbonyl (C=O) groups excluding carboxylic acids is 2. The average molecular weight is 457 g/mol. The fourth-order valence-electron chi connectivity index (χ4n) is 3.38. The molecule has 2 amide bonds. The zero-order chi connectivity index (χ0) is 21.1. The summed E-state index contributed by atoms with van der Waals surface area (Å²) in [4.78, 5) is 24.5. The van der Waals surface area contributed by atoms with Crippen molar-refractivity contribution in [2.45, 2.75) is 40.0 Å². The smallest absolute Gasteiger partial charge is 0.243 e. The van der Waals surface area contributed by atoms with Crippen LogP contribution < -0.4 is 10.6 Å². The Hall–Kier alpha value is -2.60. The number of benzene rings is 2. The molecule has 0 saturated carbocycles. The number of furan rings is 1. The number of carbonyl (C=O) groups is 2. The number of aryl methyl sites for hydroxylation is 2. The van der Waals surface area contributed by atoms with Crippen molar-refractivity contribution in [2.75, 3.05) is 11.9 Å². The van der Waals surface area contributed by atoms with E-state index in [9.17, 15) is 9.59 Å². The van der Waals surface area contributed by atoms with E-state index >= 15 is 0 Å². The van der Waals surface area contributed by atoms with E-state index in [1.807, 2.05) is 31.2 Å². The Kier molecular flexibility index (Phi) is 6.42. The monoisotopic (exact) mass is 456 g/mol. The number of rotatable bonds is 6. The van der Waals surface area contributed by atoms with Crippen LogP contribution >= 0.6 is 15.9 Å². The summed E-state index contributed by atoms with van der Waals surface area (Å²) in [6.07, 6.45) is 1.79. The normalized spacial score (nSPS) is 11.1. The van der Waals surface area contributed by atoms with Crippen molar-refractivity contribution >= 4 is 44.4 Å². The van der Waals surface area contributed by atoms with Gasteiger partial charge < -0.3 is 15.1 Å². The molecule has 152 valence electrons. The number of nitrogens with one attached hydrogen (secondary N) is 2. The summed E-state index contributed by atoms with van der Waals surface area (Å²) in [5, 5.41) is 6.45. The van der Waals surface area contributed by atoms with E-state index in [-0.39, 0.29) is 24.8 Å². The maximum Gasteiger partial charge on any atom is 0.243 e. The first-order valence-corrected chi connectivity index (χ1v) is 10.4. The Morgan fingerprint density at radius 2 is 1.83 bits per heavy atom. The summed E-state index contributed by atoms with van der Waals surface area (Å²) in [5.74, 6) is -0.0951. The number of hydrogen-bond acceptors (Lipinski definition) is 3. The maximum atomic E-state index is 12.4. The van der Waals surface area contributed by atoms with Crippen LogP contribution in [0.15, 0.2) is 45.5 Å². The van der Waals surface area contributed by atoms with Crippen LogP contribution in [0, 0.1) is 13.8 Å². The van der Waals surface area contributed by atoms with Crippen LogP contribution in [0.4, 0.5) is 5.69 Å². The van der Waals surface area contributed by atoms with Crippen molar-refractivity contribution < 1.29 is 14.0 Å². The van der Waals surface area contributed by atoms with Gasteiger partial charge >= 0.3 is 0 Å². The molecule has 1 aromatic heterocycles. The minimum Gasteiger partial charge on any atom is -0.464 e. The highest BCUT2D eigenvalue weighted by Gasteiger charge is 2.15. The van der Waals surface area contributed by atoms with Gasteiger partial charge in [0.25, 0.3) is 0 Å². The molecule has 29 heavy (non-hydrogen) atoms. The fourth-order valence-corrected chi connectivity index (χ4v) is 3.86. The lowest BCUT2D eigenvalue weighted by Crippen LogP contribution is -2.33. The van der Waals surface area contributed by atoms with E-state index in [0.717, 1.165) is 32.3 Å². The fraction of sp³-hybridized carbons (Fsp3) is 0.304. The third-order valence-corrected chi connectivity index (χ3v) is 5.42. The summed E-state index contributed by atoms with van der Waals surface area (Å²) in [7, 11) is 0. The van der Waals surface area contributed by atoms with Gasteiger partial charge in [0.1, 0.15) is 5.58 Å². The van der Waals surface area contributed by atoms with E-state index in [0.29, 0.717) is 5.92 Å². The number of anilines is 1. The van der Waals surface area contributed by atoms with Crippen molar-refractivity contribution in [1.29, 1.82) is 0 Å². The molecule has 2 N–H and O–H groups in total. The van der Waals surface area contributed by atoms with Gasteiger partial charge in [-0.1, -0.05) is 29.8 Å². The molecule has 0 saturated heterocycles. The summed E-state index contributed by atoms with van der Waals surface area (Å²) in [6, 6.07) is 9.72. The predicted octanol–water partition coefficient (Wildman–Crippen LogP) is 5.23. The van der Waals surface area contributed by atoms with Gasteiger partial charge in [-0.05, 0) is 66.8 Å². The van der Waals surface area contributed by atoms with Gasteiger partial charge in [0.2, 0.25) is 11.8 Å². The molecule has 0 atom stereocenters. The zero-order valence-electron chi connectivity index (χ0n) is 17.1. The summed E-state index contributed by atoms with van der Waals surface area (Å²) in [6.45, 7) is 8.19. The highest BCUT2D eigenvalue weighted by molar-refractivity contribution is 9.10. The Morgan fingerprint density at radius 1 is 1.07 bits per heavy atom. The first kappa shape index (κ1) is 21.1. The second-order valence-corrected chi connectivity index (χ2v) is 8.50. The van der Waals surface area contributed by atoms with Gasteiger partial charge in [0.15, 0.2) is 0 Å². The molecular weight excluding hydrogens is 432 g/mol. The van der Waals surface area contributed by atoms with Crippen molar-refractivity contribution in [3.8, 4) is 0 Å². The first-order valence-electron chi connectivity index (χ1n) is 9.58. The lowest BCUT2D eigenvalue weighted by molar-refractivity contribution is -0.123. The standard InChI is InChI=1S/C23H25BrN2O3/c1-13(2)18-10-19-16(12-29-21(19)8-14(18)3)9-22(27)25-11-23(28)26-20-6-5-17(24)7-15(20)4/h5-8,10,12-13H,9,11H2,1-4H3,(H,25,27)(H,26,28). The van der Waals surface area contributed by atoms with Crippen molar-refractivity contribution in [3.63, 3.8) is 0 Å². The quantitative estimate of drug-likeness (QED) is 0.532. The van der Waals surface area contributed by atoms with Crippen LogP contribution in [0.1, 0.15) is 42.0 Å². The van der Waals surface area contributed by atoms with E-state index in [1.54, 1.807) is 6.26 Å². The molecule has 6 heteroatoms. The number of fused-ring (bicyclic) bond motifs is 1. The number of hydrogen-bond donors (Lipinski definition) is 2. The predicted molar refractivity (Wildman–Crippen MR) is 119 cm³/mol. The molecule has 3 aromatic rings. The lowest BCUT2D eigenvalue weighted by atomic mass is 9.95. The molecule has 2 aromatic carbocycles. The van der Waals surface area contributed by atoms with Crippen molar-refractivity contribution in [3.05, 3.63) is 63.3 Å². The van der Waals surface area contributed by atoms with Crippen LogP contribution in [0.25, 0.3) is 11.0 Å². The molecule has 0 spiro atoms. The SMILES string of the molecule is Cc1cc(Br)ccc1NC(=O)CNC(=O)Cc1coc2cc(C)c(C(C)C)cc12. The van der Waals surface area contributed by atoms with E-state index in [2.05, 4.69) is 53.4 Å². The molecule has 0 aliphatic heterocycles. The Labute approximate surface area is 179 Å². The van der Waals surface area contributed by atoms with Crippen molar-refractivity contribution in [2.24, 2.45) is 0 Å². The summed E-state index contributed by atoms with van der Waals surface area (Å²) >= 11 is 3.40. The topological polar surface area (TPSA) is 71.3 Å². The van der Waals surface area contributed by atoms with Gasteiger partial charge in [0, 0.05) is 21.1 Å². The second kappa shape index (κ2) is 8.82. The molecule has 5 nitrogen and oxygen atoms in total. The summed E-state index contributed by atoms with van der Waals surface area (Å²) in [5.41, 5.74) is 5.69. The molecule has 0 fully saturated rings. The minimum absolute atomic E-state index is 0.0829. The average Bonchev–Trinajstić information content (AvgIpc) is 3.03. The van der Waals surface area contributed by atoms with E-state index < -0.39 is 0 Å². The van der Waals surface area contributed by atoms with Gasteiger partial charge in [-0.15, -0.1) is 0 Å². The third kappa shape index (κ3) is 5.07. The molecule has 3 rings (SSSR count). The highest BCUT2D eigenvalue weighted by Crippen LogP contribution is 2.29. The highest BCUT2D eigenvalue weighted by atomic mass is 79.9. The molecule has 0 aliphatic carbocycles. The molecule has 0 aliphatic rings. The Morgan fingerprint density at radius 3 is 2.52 bits per heavy atom. The number of amides is 2. The second-order valence-electron chi connectivity index (χ2n) is 7.58. The van der Waals surface area contributed by atoms with E-state index in [1.165, 1.54) is 11.1 Å². The molecule has 1 heterocycles. The van der Waals surface area contributed by atoms with Crippen molar-refractivity contribution in [1.82, 2.24) is 5.32 Å². The Balaban J connectivity index is 1.62. The Bertz CT molecular complexity index is 1070.